The highest BCUT2D eigenvalue weighted by atomic mass is 32.2. The largest absolute Gasteiger partial charge is 0.369 e. The summed E-state index contributed by atoms with van der Waals surface area (Å²) in [5, 5.41) is 3.55. The molecular weight excluding hydrogens is 1280 g/mol. The zero-order chi connectivity index (χ0) is 67.8. The highest BCUT2D eigenvalue weighted by molar-refractivity contribution is 7.83. The van der Waals surface area contributed by atoms with Gasteiger partial charge in [-0.15, -0.1) is 0 Å². The van der Waals surface area contributed by atoms with Gasteiger partial charge in [-0.1, -0.05) is 135 Å². The molecule has 0 bridgehead atoms. The van der Waals surface area contributed by atoms with E-state index >= 15 is 0 Å². The Morgan fingerprint density at radius 2 is 0.778 bits per heavy atom. The minimum absolute atomic E-state index is 0.168. The number of hydrogen-bond acceptors (Lipinski definition) is 12. The van der Waals surface area contributed by atoms with Crippen LogP contribution < -0.4 is 29.8 Å². The number of anilines is 5. The second-order valence-electron chi connectivity index (χ2n) is 30.1. The van der Waals surface area contributed by atoms with Crippen LogP contribution in [0, 0.1) is 17.8 Å². The smallest absolute Gasteiger partial charge is 0.336 e. The first-order valence-corrected chi connectivity index (χ1v) is 39.6. The van der Waals surface area contributed by atoms with Crippen molar-refractivity contribution >= 4 is 72.0 Å². The number of nitrogens with zero attached hydrogens (tertiary/aromatic N) is 9. The first-order chi connectivity index (χ1) is 48.0. The number of amides is 2. The Morgan fingerprint density at radius 3 is 1.23 bits per heavy atom. The molecular formula is C79H96N10O8S2. The minimum Gasteiger partial charge on any atom is -0.369 e. The fourth-order valence-corrected chi connectivity index (χ4v) is 21.2. The second kappa shape index (κ2) is 27.2. The first kappa shape index (κ1) is 66.3. The Morgan fingerprint density at radius 1 is 0.404 bits per heavy atom. The fourth-order valence-electron chi connectivity index (χ4n) is 20.0. The highest BCUT2D eigenvalue weighted by Gasteiger charge is 2.43. The molecule has 5 aromatic rings. The maximum atomic E-state index is 11.8. The van der Waals surface area contributed by atoms with Crippen molar-refractivity contribution in [2.75, 3.05) is 123 Å². The summed E-state index contributed by atoms with van der Waals surface area (Å²) >= 11 is 0. The first-order valence-electron chi connectivity index (χ1n) is 36.8. The number of carbonyl (C=O) groups is 2. The number of nitrogens with one attached hydrogen (secondary N) is 1. The number of allylic oxidation sites excluding steroid dienone is 4. The lowest BCUT2D eigenvalue weighted by Crippen LogP contribution is -2.39. The number of para-hydroxylation sites is 5. The predicted molar refractivity (Wildman–Crippen MR) is 393 cm³/mol. The molecule has 10 aliphatic heterocycles. The molecule has 3 saturated carbocycles. The lowest BCUT2D eigenvalue weighted by Gasteiger charge is -2.38. The summed E-state index contributed by atoms with van der Waals surface area (Å²) in [4.78, 5) is 39.7. The lowest BCUT2D eigenvalue weighted by atomic mass is 9.82. The van der Waals surface area contributed by atoms with Crippen molar-refractivity contribution in [2.45, 2.75) is 135 Å². The van der Waals surface area contributed by atoms with Gasteiger partial charge in [0.05, 0.1) is 0 Å². The van der Waals surface area contributed by atoms with Crippen molar-refractivity contribution in [3.63, 3.8) is 0 Å². The van der Waals surface area contributed by atoms with E-state index in [-0.39, 0.29) is 24.9 Å². The third kappa shape index (κ3) is 12.8. The molecule has 3 fully saturated rings. The zero-order valence-corrected chi connectivity index (χ0v) is 59.2. The van der Waals surface area contributed by atoms with Crippen molar-refractivity contribution in [1.29, 1.82) is 0 Å². The van der Waals surface area contributed by atoms with Crippen molar-refractivity contribution in [2.24, 2.45) is 17.8 Å². The summed E-state index contributed by atoms with van der Waals surface area (Å²) in [5.41, 5.74) is 25.4. The fraction of sp³-hybridized carbons (Fsp3) is 0.494. The van der Waals surface area contributed by atoms with E-state index in [4.69, 9.17) is 0 Å². The Hall–Kier alpha value is -7.30. The van der Waals surface area contributed by atoms with Crippen LogP contribution in [0.5, 0.6) is 0 Å². The lowest BCUT2D eigenvalue weighted by molar-refractivity contribution is -0.130. The number of carbonyl (C=O) groups excluding carboxylic acids is 2. The van der Waals surface area contributed by atoms with Gasteiger partial charge in [-0.3, -0.25) is 18.7 Å². The van der Waals surface area contributed by atoms with Gasteiger partial charge in [0.1, 0.15) is 0 Å². The quantitative estimate of drug-likeness (QED) is 0.142. The van der Waals surface area contributed by atoms with Gasteiger partial charge in [-0.25, -0.2) is 0 Å². The van der Waals surface area contributed by atoms with Crippen molar-refractivity contribution in [3.05, 3.63) is 182 Å². The predicted octanol–water partition coefficient (Wildman–Crippen LogP) is 11.7. The number of fused-ring (bicyclic) bond motifs is 10. The molecule has 20 rings (SSSR count). The van der Waals surface area contributed by atoms with Crippen LogP contribution in [0.1, 0.15) is 158 Å². The third-order valence-corrected chi connectivity index (χ3v) is 26.5. The maximum absolute atomic E-state index is 11.8. The number of hydrogen-bond donors (Lipinski definition) is 3. The van der Waals surface area contributed by atoms with Crippen LogP contribution in [0.15, 0.2) is 126 Å². The second-order valence-corrected chi connectivity index (χ2v) is 32.9. The summed E-state index contributed by atoms with van der Waals surface area (Å²) in [6.07, 6.45) is 23.4. The average molecular weight is 1380 g/mol. The van der Waals surface area contributed by atoms with Gasteiger partial charge in [-0.05, 0) is 154 Å². The molecule has 5 aromatic carbocycles. The van der Waals surface area contributed by atoms with E-state index in [0.717, 1.165) is 130 Å². The monoisotopic (exact) mass is 1380 g/mol. The molecule has 0 aromatic heterocycles. The van der Waals surface area contributed by atoms with Crippen LogP contribution in [0.2, 0.25) is 0 Å². The van der Waals surface area contributed by atoms with Crippen LogP contribution >= 0.6 is 0 Å². The SMILES string of the molecule is CC(=O)N1CCN2CC3=CCC=C3c3cccc(c32)C1.CC(=O)N1CCN2C[C@@H]3CCC[C@@H]3c3cccc(c32)C1.O=S(=O)(O)N1CCN2CC3=CCC=C3c3cccc(c32)C1.O=S(=O)(O)N1CCN2C[C@@H]3CCC[C@@H]3c3cccc(c32)C1.c1cc2c3c(c1)[C@H]1CCC[C@H]1CN3CCNC2. The molecule has 18 nitrogen and oxygen atoms in total. The summed E-state index contributed by atoms with van der Waals surface area (Å²) in [5.74, 6) is 5.09. The molecule has 5 aliphatic carbocycles. The Balaban J connectivity index is 0.0000000967. The maximum Gasteiger partial charge on any atom is 0.336 e. The van der Waals surface area contributed by atoms with Gasteiger partial charge in [0, 0.05) is 184 Å². The molecule has 10 heterocycles. The molecule has 0 spiro atoms. The molecule has 0 unspecified atom stereocenters. The van der Waals surface area contributed by atoms with Gasteiger partial charge >= 0.3 is 20.6 Å². The Kier molecular flexibility index (Phi) is 18.2. The van der Waals surface area contributed by atoms with Crippen molar-refractivity contribution in [3.8, 4) is 0 Å². The molecule has 522 valence electrons. The Labute approximate surface area is 585 Å². The number of rotatable bonds is 2. The van der Waals surface area contributed by atoms with E-state index in [1.807, 2.05) is 34.1 Å². The topological polar surface area (TPSA) is 184 Å². The molecule has 6 atom stereocenters. The number of benzene rings is 5. The van der Waals surface area contributed by atoms with Gasteiger partial charge in [0.25, 0.3) is 0 Å². The molecule has 15 aliphatic rings. The van der Waals surface area contributed by atoms with E-state index in [0.29, 0.717) is 38.0 Å². The summed E-state index contributed by atoms with van der Waals surface area (Å²) in [6.45, 7) is 19.6. The summed E-state index contributed by atoms with van der Waals surface area (Å²) in [7, 11) is -8.29. The average Bonchev–Trinajstić information content (AvgIpc) is 1.67. The van der Waals surface area contributed by atoms with E-state index in [2.05, 4.69) is 121 Å². The minimum atomic E-state index is -4.16. The van der Waals surface area contributed by atoms with Crippen LogP contribution in [0.3, 0.4) is 0 Å². The van der Waals surface area contributed by atoms with Crippen LogP contribution in [0.25, 0.3) is 11.1 Å². The van der Waals surface area contributed by atoms with E-state index in [1.165, 1.54) is 154 Å². The molecule has 2 amide bonds. The normalized spacial score (nSPS) is 25.6. The van der Waals surface area contributed by atoms with Crippen LogP contribution in [-0.4, -0.2) is 154 Å². The third-order valence-electron chi connectivity index (χ3n) is 24.5. The van der Waals surface area contributed by atoms with Gasteiger partial charge in [0.2, 0.25) is 11.8 Å². The molecule has 99 heavy (non-hydrogen) atoms. The van der Waals surface area contributed by atoms with Gasteiger partial charge in [0.15, 0.2) is 0 Å². The van der Waals surface area contributed by atoms with E-state index < -0.39 is 20.6 Å². The van der Waals surface area contributed by atoms with E-state index in [1.54, 1.807) is 30.7 Å². The molecule has 3 N–H and O–H groups in total. The van der Waals surface area contributed by atoms with Crippen molar-refractivity contribution < 1.29 is 35.5 Å². The highest BCUT2D eigenvalue weighted by Crippen LogP contribution is 2.53. The summed E-state index contributed by atoms with van der Waals surface area (Å²) < 4.78 is 67.0. The molecule has 0 saturated heterocycles. The summed E-state index contributed by atoms with van der Waals surface area (Å²) in [6, 6.07) is 32.4. The van der Waals surface area contributed by atoms with Crippen LogP contribution in [-0.2, 0) is 62.9 Å². The van der Waals surface area contributed by atoms with Gasteiger partial charge < -0.3 is 39.6 Å². The Bertz CT molecular complexity index is 4380. The standard InChI is InChI=1S/C17H22N2O.C17H18N2O.C15H20N2O3S.C15H16N2O3S.C15H20N2/c2*1-12(20)18-8-9-19-10-13-4-2-6-15(13)16-7-3-5-14(11-18)17(16)19;2*18-21(19,20)17-8-7-16-9-11-3-1-5-13(11)14-6-2-4-12(10-17)15(14)16;1-3-11-9-16-7-8-17-10-12-4-2-5-13(12)14(6-1)15(11)17/h3,5,7,13,15H,2,4,6,8-11H2,1H3;3-7H,2,8-11H2,1H3;2,4,6,11,13H,1,3,5,7-10H2,(H,18,19,20);2-6H,1,7-10H2,(H,18,19,20);1,3,6,12-13,16H,2,4-5,7-10H2/t13-,15-;;11-,13-;;12-,13-/m0.0.0/s1. The molecule has 20 heteroatoms. The molecule has 0 radical (unpaired) electrons. The van der Waals surface area contributed by atoms with Crippen molar-refractivity contribution in [1.82, 2.24) is 23.7 Å². The van der Waals surface area contributed by atoms with Crippen LogP contribution in [0.4, 0.5) is 28.4 Å². The van der Waals surface area contributed by atoms with Gasteiger partial charge in [-0.2, -0.15) is 25.4 Å². The zero-order valence-electron chi connectivity index (χ0n) is 57.5. The van der Waals surface area contributed by atoms with E-state index in [9.17, 15) is 35.5 Å².